The minimum atomic E-state index is -3.21. The smallest absolute Gasteiger partial charge is 0.307 e. The number of benzene rings is 1. The van der Waals surface area contributed by atoms with E-state index in [2.05, 4.69) is 4.74 Å². The van der Waals surface area contributed by atoms with Crippen molar-refractivity contribution in [2.24, 2.45) is 5.73 Å². The number of esters is 1. The fraction of sp³-hybridized carbons (Fsp3) is 0.364. The van der Waals surface area contributed by atoms with E-state index in [-0.39, 0.29) is 11.3 Å². The third-order valence-electron chi connectivity index (χ3n) is 2.35. The minimum Gasteiger partial charge on any atom is -0.469 e. The third kappa shape index (κ3) is 3.83. The summed E-state index contributed by atoms with van der Waals surface area (Å²) in [5.41, 5.74) is 6.48. The Hall–Kier alpha value is -1.40. The molecule has 0 unspecified atom stereocenters. The van der Waals surface area contributed by atoms with E-state index in [0.717, 1.165) is 6.26 Å². The Morgan fingerprint density at radius 1 is 1.35 bits per heavy atom. The van der Waals surface area contributed by atoms with Crippen molar-refractivity contribution < 1.29 is 17.9 Å². The highest BCUT2D eigenvalue weighted by molar-refractivity contribution is 7.90. The summed E-state index contributed by atoms with van der Waals surface area (Å²) in [6.07, 6.45) is 1.20. The summed E-state index contributed by atoms with van der Waals surface area (Å²) >= 11 is 0. The zero-order valence-corrected chi connectivity index (χ0v) is 10.5. The van der Waals surface area contributed by atoms with E-state index in [1.165, 1.54) is 19.2 Å². The number of hydrogen-bond donors (Lipinski definition) is 1. The van der Waals surface area contributed by atoms with Gasteiger partial charge >= 0.3 is 5.97 Å². The molecule has 0 aromatic heterocycles. The number of carbonyl (C=O) groups is 1. The van der Waals surface area contributed by atoms with E-state index in [1.54, 1.807) is 12.1 Å². The highest BCUT2D eigenvalue weighted by Crippen LogP contribution is 2.17. The molecule has 0 aliphatic rings. The summed E-state index contributed by atoms with van der Waals surface area (Å²) in [4.78, 5) is 11.3. The molecule has 2 N–H and O–H groups in total. The fourth-order valence-corrected chi connectivity index (χ4v) is 1.97. The van der Waals surface area contributed by atoms with Gasteiger partial charge in [0.25, 0.3) is 0 Å². The quantitative estimate of drug-likeness (QED) is 0.800. The summed E-state index contributed by atoms with van der Waals surface area (Å²) in [7, 11) is -1.91. The highest BCUT2D eigenvalue weighted by Gasteiger charge is 2.13. The minimum absolute atomic E-state index is 0.0642. The Labute approximate surface area is 100 Å². The summed E-state index contributed by atoms with van der Waals surface area (Å²) in [6.45, 7) is 0. The Kier molecular flexibility index (Phi) is 4.25. The normalized spacial score (nSPS) is 13.1. The average Bonchev–Trinajstić information content (AvgIpc) is 2.27. The van der Waals surface area contributed by atoms with Crippen LogP contribution in [0.15, 0.2) is 29.2 Å². The van der Waals surface area contributed by atoms with Crippen LogP contribution in [0.3, 0.4) is 0 Å². The topological polar surface area (TPSA) is 86.5 Å². The molecule has 0 fully saturated rings. The number of hydrogen-bond acceptors (Lipinski definition) is 5. The molecule has 1 aromatic carbocycles. The molecule has 0 saturated heterocycles. The molecule has 0 aliphatic carbocycles. The summed E-state index contributed by atoms with van der Waals surface area (Å²) < 4.78 is 27.0. The zero-order valence-electron chi connectivity index (χ0n) is 9.71. The van der Waals surface area contributed by atoms with Gasteiger partial charge < -0.3 is 10.5 Å². The molecule has 6 heteroatoms. The lowest BCUT2D eigenvalue weighted by Gasteiger charge is -2.10. The van der Waals surface area contributed by atoms with Gasteiger partial charge in [-0.05, 0) is 17.7 Å². The van der Waals surface area contributed by atoms with Gasteiger partial charge in [-0.25, -0.2) is 8.42 Å². The Morgan fingerprint density at radius 2 is 1.88 bits per heavy atom. The number of ether oxygens (including phenoxy) is 1. The van der Waals surface area contributed by atoms with Crippen molar-refractivity contribution in [2.45, 2.75) is 17.4 Å². The van der Waals surface area contributed by atoms with E-state index in [1.807, 2.05) is 0 Å². The Morgan fingerprint density at radius 3 is 2.29 bits per heavy atom. The van der Waals surface area contributed by atoms with E-state index in [9.17, 15) is 13.2 Å². The second-order valence-corrected chi connectivity index (χ2v) is 5.74. The lowest BCUT2D eigenvalue weighted by atomic mass is 10.1. The van der Waals surface area contributed by atoms with Gasteiger partial charge in [0, 0.05) is 12.3 Å². The molecule has 0 radical (unpaired) electrons. The van der Waals surface area contributed by atoms with Gasteiger partial charge in [-0.1, -0.05) is 12.1 Å². The first-order valence-electron chi connectivity index (χ1n) is 4.97. The monoisotopic (exact) mass is 257 g/mol. The molecule has 17 heavy (non-hydrogen) atoms. The standard InChI is InChI=1S/C11H15NO4S/c1-16-11(13)7-10(12)8-3-5-9(6-4-8)17(2,14)15/h3-6,10H,7,12H2,1-2H3/t10-/m0/s1. The Balaban J connectivity index is 2.84. The molecule has 0 heterocycles. The van der Waals surface area contributed by atoms with Gasteiger partial charge in [-0.3, -0.25) is 4.79 Å². The summed E-state index contributed by atoms with van der Waals surface area (Å²) in [6, 6.07) is 5.66. The zero-order chi connectivity index (χ0) is 13.1. The lowest BCUT2D eigenvalue weighted by Crippen LogP contribution is -2.16. The number of nitrogens with two attached hydrogens (primary N) is 1. The summed E-state index contributed by atoms with van der Waals surface area (Å²) in [5.74, 6) is -0.398. The van der Waals surface area contributed by atoms with Crippen molar-refractivity contribution in [1.29, 1.82) is 0 Å². The second-order valence-electron chi connectivity index (χ2n) is 3.73. The van der Waals surface area contributed by atoms with Crippen LogP contribution >= 0.6 is 0 Å². The predicted octanol–water partition coefficient (Wildman–Crippen LogP) is 0.653. The van der Waals surface area contributed by atoms with Crippen molar-refractivity contribution in [3.63, 3.8) is 0 Å². The fourth-order valence-electron chi connectivity index (χ4n) is 1.34. The predicted molar refractivity (Wildman–Crippen MR) is 63.1 cm³/mol. The molecule has 1 aromatic rings. The van der Waals surface area contributed by atoms with E-state index >= 15 is 0 Å². The van der Waals surface area contributed by atoms with Gasteiger partial charge in [0.1, 0.15) is 0 Å². The van der Waals surface area contributed by atoms with Crippen molar-refractivity contribution in [2.75, 3.05) is 13.4 Å². The first kappa shape index (κ1) is 13.7. The number of rotatable bonds is 4. The van der Waals surface area contributed by atoms with Crippen molar-refractivity contribution >= 4 is 15.8 Å². The summed E-state index contributed by atoms with van der Waals surface area (Å²) in [5, 5.41) is 0. The maximum absolute atomic E-state index is 11.2. The molecule has 94 valence electrons. The molecule has 1 rings (SSSR count). The van der Waals surface area contributed by atoms with Crippen LogP contribution in [-0.4, -0.2) is 27.8 Å². The first-order chi connectivity index (χ1) is 7.84. The van der Waals surface area contributed by atoms with Crippen LogP contribution in [0.1, 0.15) is 18.0 Å². The number of methoxy groups -OCH3 is 1. The lowest BCUT2D eigenvalue weighted by molar-refractivity contribution is -0.141. The second kappa shape index (κ2) is 5.29. The molecule has 5 nitrogen and oxygen atoms in total. The van der Waals surface area contributed by atoms with E-state index in [0.29, 0.717) is 5.56 Å². The van der Waals surface area contributed by atoms with Crippen LogP contribution in [0.5, 0.6) is 0 Å². The van der Waals surface area contributed by atoms with Gasteiger partial charge in [0.2, 0.25) is 0 Å². The SMILES string of the molecule is COC(=O)C[C@H](N)c1ccc(S(C)(=O)=O)cc1. The maximum Gasteiger partial charge on any atom is 0.307 e. The molecule has 1 atom stereocenters. The molecular weight excluding hydrogens is 242 g/mol. The highest BCUT2D eigenvalue weighted by atomic mass is 32.2. The molecule has 0 spiro atoms. The van der Waals surface area contributed by atoms with Crippen LogP contribution in [0.2, 0.25) is 0 Å². The van der Waals surface area contributed by atoms with Crippen LogP contribution in [0, 0.1) is 0 Å². The average molecular weight is 257 g/mol. The molecular formula is C11H15NO4S. The molecule has 0 aliphatic heterocycles. The molecule has 0 saturated carbocycles. The van der Waals surface area contributed by atoms with Crippen LogP contribution in [0.4, 0.5) is 0 Å². The first-order valence-corrected chi connectivity index (χ1v) is 6.86. The van der Waals surface area contributed by atoms with Crippen LogP contribution in [0.25, 0.3) is 0 Å². The largest absolute Gasteiger partial charge is 0.469 e. The van der Waals surface area contributed by atoms with Gasteiger partial charge in [0.05, 0.1) is 18.4 Å². The van der Waals surface area contributed by atoms with E-state index in [4.69, 9.17) is 5.73 Å². The van der Waals surface area contributed by atoms with Crippen molar-refractivity contribution in [3.8, 4) is 0 Å². The number of sulfone groups is 1. The third-order valence-corrected chi connectivity index (χ3v) is 3.48. The molecule has 0 bridgehead atoms. The molecule has 0 amide bonds. The maximum atomic E-state index is 11.2. The van der Waals surface area contributed by atoms with Gasteiger partial charge in [-0.15, -0.1) is 0 Å². The number of carbonyl (C=O) groups excluding carboxylic acids is 1. The van der Waals surface area contributed by atoms with E-state index < -0.39 is 21.8 Å². The van der Waals surface area contributed by atoms with Crippen LogP contribution in [-0.2, 0) is 19.4 Å². The van der Waals surface area contributed by atoms with Crippen molar-refractivity contribution in [1.82, 2.24) is 0 Å². The van der Waals surface area contributed by atoms with Gasteiger partial charge in [-0.2, -0.15) is 0 Å². The van der Waals surface area contributed by atoms with Crippen LogP contribution < -0.4 is 5.73 Å². The van der Waals surface area contributed by atoms with Gasteiger partial charge in [0.15, 0.2) is 9.84 Å². The van der Waals surface area contributed by atoms with Crippen molar-refractivity contribution in [3.05, 3.63) is 29.8 Å². The Bertz CT molecular complexity index is 493.